The van der Waals surface area contributed by atoms with Gasteiger partial charge in [-0.3, -0.25) is 4.79 Å². The molecule has 24 heavy (non-hydrogen) atoms. The fourth-order valence-electron chi connectivity index (χ4n) is 2.02. The Bertz CT molecular complexity index is 920. The van der Waals surface area contributed by atoms with Gasteiger partial charge in [0.2, 0.25) is 15.9 Å². The van der Waals surface area contributed by atoms with Gasteiger partial charge in [-0.15, -0.1) is 0 Å². The first-order chi connectivity index (χ1) is 11.3. The molecule has 2 aromatic carbocycles. The molecule has 6 nitrogen and oxygen atoms in total. The molecule has 0 aliphatic carbocycles. The number of benzene rings is 2. The number of hydrogen-bond donors (Lipinski definition) is 2. The number of carbonyl (C=O) groups is 1. The average Bonchev–Trinajstić information content (AvgIpc) is 2.53. The van der Waals surface area contributed by atoms with E-state index < -0.39 is 28.3 Å². The summed E-state index contributed by atoms with van der Waals surface area (Å²) in [6, 6.07) is 11.4. The lowest BCUT2D eigenvalue weighted by atomic mass is 10.2. The van der Waals surface area contributed by atoms with E-state index in [0.717, 1.165) is 18.2 Å². The van der Waals surface area contributed by atoms with Gasteiger partial charge >= 0.3 is 0 Å². The third kappa shape index (κ3) is 4.38. The zero-order valence-corrected chi connectivity index (χ0v) is 13.5. The number of sulfonamides is 1. The third-order valence-electron chi connectivity index (χ3n) is 3.12. The van der Waals surface area contributed by atoms with Crippen molar-refractivity contribution in [1.82, 2.24) is 4.72 Å². The Morgan fingerprint density at radius 2 is 2.00 bits per heavy atom. The van der Waals surface area contributed by atoms with E-state index in [9.17, 15) is 17.6 Å². The van der Waals surface area contributed by atoms with Crippen LogP contribution in [0.15, 0.2) is 47.4 Å². The molecular weight excluding hydrogens is 333 g/mol. The normalized spacial score (nSPS) is 10.9. The number of nitriles is 1. The lowest BCUT2D eigenvalue weighted by Crippen LogP contribution is -2.33. The molecule has 0 radical (unpaired) electrons. The smallest absolute Gasteiger partial charge is 0.241 e. The van der Waals surface area contributed by atoms with Crippen LogP contribution >= 0.6 is 0 Å². The van der Waals surface area contributed by atoms with Crippen LogP contribution in [0.2, 0.25) is 0 Å². The van der Waals surface area contributed by atoms with E-state index in [-0.39, 0.29) is 10.5 Å². The molecule has 124 valence electrons. The largest absolute Gasteiger partial charge is 0.325 e. The van der Waals surface area contributed by atoms with E-state index in [1.807, 2.05) is 6.07 Å². The van der Waals surface area contributed by atoms with Gasteiger partial charge in [0.1, 0.15) is 5.82 Å². The lowest BCUT2D eigenvalue weighted by molar-refractivity contribution is -0.115. The first-order valence-electron chi connectivity index (χ1n) is 6.87. The predicted molar refractivity (Wildman–Crippen MR) is 86.1 cm³/mol. The molecule has 0 aliphatic rings. The van der Waals surface area contributed by atoms with Crippen molar-refractivity contribution in [1.29, 1.82) is 5.26 Å². The van der Waals surface area contributed by atoms with Gasteiger partial charge < -0.3 is 5.32 Å². The maximum Gasteiger partial charge on any atom is 0.241 e. The zero-order chi connectivity index (χ0) is 17.7. The second-order valence-corrected chi connectivity index (χ2v) is 6.71. The molecule has 0 unspecified atom stereocenters. The highest BCUT2D eigenvalue weighted by atomic mass is 32.2. The van der Waals surface area contributed by atoms with Crippen LogP contribution in [-0.4, -0.2) is 20.9 Å². The molecule has 0 heterocycles. The van der Waals surface area contributed by atoms with Crippen LogP contribution in [0.3, 0.4) is 0 Å². The van der Waals surface area contributed by atoms with Crippen molar-refractivity contribution >= 4 is 21.6 Å². The Kier molecular flexibility index (Phi) is 5.28. The fraction of sp³-hybridized carbons (Fsp3) is 0.125. The fourth-order valence-corrected chi connectivity index (χ4v) is 3.23. The summed E-state index contributed by atoms with van der Waals surface area (Å²) in [7, 11) is -3.94. The Balaban J connectivity index is 2.03. The van der Waals surface area contributed by atoms with Gasteiger partial charge in [0.25, 0.3) is 0 Å². The van der Waals surface area contributed by atoms with Gasteiger partial charge in [-0.2, -0.15) is 5.26 Å². The van der Waals surface area contributed by atoms with Crippen molar-refractivity contribution in [2.24, 2.45) is 0 Å². The van der Waals surface area contributed by atoms with E-state index in [2.05, 4.69) is 10.0 Å². The minimum Gasteiger partial charge on any atom is -0.325 e. The molecule has 8 heteroatoms. The Morgan fingerprint density at radius 1 is 1.25 bits per heavy atom. The predicted octanol–water partition coefficient (Wildman–Crippen LogP) is 1.92. The number of nitrogens with zero attached hydrogens (tertiary/aromatic N) is 1. The van der Waals surface area contributed by atoms with Crippen LogP contribution < -0.4 is 10.0 Å². The number of amides is 1. The maximum absolute atomic E-state index is 13.1. The summed E-state index contributed by atoms with van der Waals surface area (Å²) < 4.78 is 39.5. The second-order valence-electron chi connectivity index (χ2n) is 4.98. The number of halogens is 1. The summed E-state index contributed by atoms with van der Waals surface area (Å²) >= 11 is 0. The summed E-state index contributed by atoms with van der Waals surface area (Å²) in [5.74, 6) is -1.13. The van der Waals surface area contributed by atoms with Crippen LogP contribution in [-0.2, 0) is 14.8 Å². The number of hydrogen-bond acceptors (Lipinski definition) is 4. The van der Waals surface area contributed by atoms with Gasteiger partial charge in [-0.25, -0.2) is 17.5 Å². The summed E-state index contributed by atoms with van der Waals surface area (Å²) in [5.41, 5.74) is 0.996. The molecule has 0 saturated heterocycles. The Labute approximate surface area is 139 Å². The minimum absolute atomic E-state index is 0.0943. The third-order valence-corrected chi connectivity index (χ3v) is 4.69. The molecule has 0 fully saturated rings. The molecule has 2 N–H and O–H groups in total. The van der Waals surface area contributed by atoms with E-state index in [0.29, 0.717) is 11.3 Å². The monoisotopic (exact) mass is 347 g/mol. The molecule has 0 aromatic heterocycles. The standard InChI is InChI=1S/C16H14FN3O3S/c1-11-7-13(17)5-6-15(11)24(22,23)19-10-16(21)20-14-4-2-3-12(8-14)9-18/h2-8,19H,10H2,1H3,(H,20,21). The second kappa shape index (κ2) is 7.21. The van der Waals surface area contributed by atoms with Gasteiger partial charge in [-0.1, -0.05) is 6.07 Å². The van der Waals surface area contributed by atoms with Crippen molar-refractivity contribution in [3.05, 3.63) is 59.4 Å². The lowest BCUT2D eigenvalue weighted by Gasteiger charge is -2.10. The molecule has 1 amide bonds. The number of carbonyl (C=O) groups excluding carboxylic acids is 1. The van der Waals surface area contributed by atoms with Crippen molar-refractivity contribution in [2.75, 3.05) is 11.9 Å². The molecule has 2 aromatic rings. The first kappa shape index (κ1) is 17.6. The zero-order valence-electron chi connectivity index (χ0n) is 12.7. The average molecular weight is 347 g/mol. The van der Waals surface area contributed by atoms with Crippen LogP contribution in [0.5, 0.6) is 0 Å². The molecule has 0 aliphatic heterocycles. The van der Waals surface area contributed by atoms with Crippen LogP contribution in [0.1, 0.15) is 11.1 Å². The molecule has 0 bridgehead atoms. The topological polar surface area (TPSA) is 99.1 Å². The number of anilines is 1. The van der Waals surface area contributed by atoms with Crippen molar-refractivity contribution in [3.8, 4) is 6.07 Å². The molecule has 0 atom stereocenters. The molecular formula is C16H14FN3O3S. The van der Waals surface area contributed by atoms with E-state index in [1.165, 1.54) is 13.0 Å². The number of rotatable bonds is 5. The minimum atomic E-state index is -3.94. The summed E-state index contributed by atoms with van der Waals surface area (Å²) in [5, 5.41) is 11.3. The van der Waals surface area contributed by atoms with E-state index in [4.69, 9.17) is 5.26 Å². The Morgan fingerprint density at radius 3 is 2.67 bits per heavy atom. The maximum atomic E-state index is 13.1. The summed E-state index contributed by atoms with van der Waals surface area (Å²) in [4.78, 5) is 11.8. The van der Waals surface area contributed by atoms with Gasteiger partial charge in [-0.05, 0) is 48.9 Å². The van der Waals surface area contributed by atoms with Gasteiger partial charge in [0.15, 0.2) is 0 Å². The van der Waals surface area contributed by atoms with E-state index in [1.54, 1.807) is 18.2 Å². The van der Waals surface area contributed by atoms with Crippen molar-refractivity contribution in [2.45, 2.75) is 11.8 Å². The van der Waals surface area contributed by atoms with Crippen molar-refractivity contribution in [3.63, 3.8) is 0 Å². The highest BCUT2D eigenvalue weighted by Gasteiger charge is 2.18. The van der Waals surface area contributed by atoms with E-state index >= 15 is 0 Å². The van der Waals surface area contributed by atoms with Crippen LogP contribution in [0.25, 0.3) is 0 Å². The van der Waals surface area contributed by atoms with Crippen molar-refractivity contribution < 1.29 is 17.6 Å². The quantitative estimate of drug-likeness (QED) is 0.863. The summed E-state index contributed by atoms with van der Waals surface area (Å²) in [6.45, 7) is 0.973. The van der Waals surface area contributed by atoms with Gasteiger partial charge in [0.05, 0.1) is 23.1 Å². The molecule has 2 rings (SSSR count). The number of nitrogens with one attached hydrogen (secondary N) is 2. The summed E-state index contributed by atoms with van der Waals surface area (Å²) in [6.07, 6.45) is 0. The molecule has 0 spiro atoms. The first-order valence-corrected chi connectivity index (χ1v) is 8.36. The highest BCUT2D eigenvalue weighted by Crippen LogP contribution is 2.16. The number of aryl methyl sites for hydroxylation is 1. The Hall–Kier alpha value is -2.76. The highest BCUT2D eigenvalue weighted by molar-refractivity contribution is 7.89. The van der Waals surface area contributed by atoms with Crippen LogP contribution in [0.4, 0.5) is 10.1 Å². The SMILES string of the molecule is Cc1cc(F)ccc1S(=O)(=O)NCC(=O)Nc1cccc(C#N)c1. The molecule has 0 saturated carbocycles. The van der Waals surface area contributed by atoms with Gasteiger partial charge in [0, 0.05) is 5.69 Å². The van der Waals surface area contributed by atoms with Crippen LogP contribution in [0, 0.1) is 24.1 Å².